The molecule has 0 radical (unpaired) electrons. The van der Waals surface area contributed by atoms with Crippen molar-refractivity contribution in [1.29, 1.82) is 0 Å². The minimum atomic E-state index is -1.40. The number of nitrogens with zero attached hydrogens (tertiary/aromatic N) is 2. The first-order valence-corrected chi connectivity index (χ1v) is 19.6. The zero-order valence-electron chi connectivity index (χ0n) is 35.3. The first kappa shape index (κ1) is 52.0. The van der Waals surface area contributed by atoms with Gasteiger partial charge in [-0.1, -0.05) is 90.5 Å². The lowest BCUT2D eigenvalue weighted by atomic mass is 9.95. The van der Waals surface area contributed by atoms with E-state index in [0.29, 0.717) is 33.6 Å². The van der Waals surface area contributed by atoms with E-state index >= 15 is 0 Å². The van der Waals surface area contributed by atoms with E-state index in [0.717, 1.165) is 35.4 Å². The van der Waals surface area contributed by atoms with Crippen LogP contribution in [0.2, 0.25) is 5.02 Å². The van der Waals surface area contributed by atoms with Crippen molar-refractivity contribution in [1.82, 2.24) is 0 Å². The monoisotopic (exact) mass is 926 g/mol. The van der Waals surface area contributed by atoms with Gasteiger partial charge in [0.1, 0.15) is 5.75 Å². The predicted octanol–water partition coefficient (Wildman–Crippen LogP) is 7.57. The van der Waals surface area contributed by atoms with Gasteiger partial charge in [-0.05, 0) is 66.9 Å². The number of allylic oxidation sites excluding steroid dienone is 2. The molecule has 6 rings (SSSR count). The van der Waals surface area contributed by atoms with E-state index in [4.69, 9.17) is 41.1 Å². The number of hydrogen-bond donors (Lipinski definition) is 5. The molecule has 0 fully saturated rings. The van der Waals surface area contributed by atoms with Crippen molar-refractivity contribution in [2.75, 3.05) is 25.7 Å². The fourth-order valence-corrected chi connectivity index (χ4v) is 5.89. The first-order chi connectivity index (χ1) is 31.4. The number of hydrogen-bond acceptors (Lipinski definition) is 12. The predicted molar refractivity (Wildman–Crippen MR) is 241 cm³/mol. The molecule has 1 aliphatic rings. The topological polar surface area (TPSA) is 278 Å². The van der Waals surface area contributed by atoms with Crippen LogP contribution in [-0.4, -0.2) is 93.1 Å². The van der Waals surface area contributed by atoms with Crippen LogP contribution in [0.4, 0.5) is 11.4 Å². The molecule has 1 aliphatic heterocycles. The van der Waals surface area contributed by atoms with Gasteiger partial charge >= 0.3 is 23.9 Å². The van der Waals surface area contributed by atoms with Gasteiger partial charge in [0.2, 0.25) is 0 Å². The number of carboxylic acid groups (broad SMARTS) is 4. The Morgan fingerprint density at radius 2 is 1.35 bits per heavy atom. The minimum absolute atomic E-state index is 0.125. The van der Waals surface area contributed by atoms with Crippen LogP contribution in [0.5, 0.6) is 17.2 Å². The number of amides is 2. The summed E-state index contributed by atoms with van der Waals surface area (Å²) < 4.78 is 15.1. The van der Waals surface area contributed by atoms with Crippen molar-refractivity contribution in [3.63, 3.8) is 0 Å². The lowest BCUT2D eigenvalue weighted by Gasteiger charge is -2.16. The number of halogens is 1. The van der Waals surface area contributed by atoms with Crippen molar-refractivity contribution < 1.29 is 73.4 Å². The Hall–Kier alpha value is -8.35. The van der Waals surface area contributed by atoms with Crippen molar-refractivity contribution in [2.24, 2.45) is 5.92 Å². The molecular formula is C47H43ClN2O16. The summed E-state index contributed by atoms with van der Waals surface area (Å²) in [5.74, 6) is -4.81. The second kappa shape index (κ2) is 25.7. The van der Waals surface area contributed by atoms with Crippen LogP contribution in [0.15, 0.2) is 133 Å². The van der Waals surface area contributed by atoms with Gasteiger partial charge in [0.05, 0.1) is 58.6 Å². The fraction of sp³-hybridized carbons (Fsp3) is 0.149. The maximum Gasteiger partial charge on any atom is 0.341 e. The molecule has 0 bridgehead atoms. The summed E-state index contributed by atoms with van der Waals surface area (Å²) in [5.41, 5.74) is 0.976. The number of carbonyl (C=O) groups excluding carboxylic acids is 2. The summed E-state index contributed by atoms with van der Waals surface area (Å²) >= 11 is 5.69. The second-order valence-corrected chi connectivity index (χ2v) is 13.8. The number of imide groups is 1. The summed E-state index contributed by atoms with van der Waals surface area (Å²) in [6.45, 7) is 1.13. The number of non-ortho nitro benzene ring substituents is 1. The van der Waals surface area contributed by atoms with Gasteiger partial charge in [0.25, 0.3) is 17.5 Å². The summed E-state index contributed by atoms with van der Waals surface area (Å²) in [5, 5.41) is 55.4. The Morgan fingerprint density at radius 3 is 1.86 bits per heavy atom. The number of aliphatic carboxylic acids is 3. The molecule has 0 unspecified atom stereocenters. The van der Waals surface area contributed by atoms with Crippen LogP contribution in [0, 0.1) is 16.0 Å². The Labute approximate surface area is 381 Å². The molecule has 1 heterocycles. The van der Waals surface area contributed by atoms with Crippen LogP contribution in [0.1, 0.15) is 49.1 Å². The normalized spacial score (nSPS) is 12.2. The van der Waals surface area contributed by atoms with Crippen molar-refractivity contribution in [2.45, 2.75) is 19.4 Å². The average Bonchev–Trinajstić information content (AvgIpc) is 3.55. The SMILES string of the molecule is COc1ccc(C=CC=CC(=O)O)cc1OC.C[C@@H](O)[C@@H](Cc1ccccc1)C(=O)O.O=C(O)COc1ccccc1Cl.O=C(O)c1ccc([N+](=O)[O-])cc1N1C(=O)c2ccccc2C1=O. The Kier molecular flexibility index (Phi) is 20.2. The highest BCUT2D eigenvalue weighted by Gasteiger charge is 2.39. The Morgan fingerprint density at radius 1 is 0.758 bits per heavy atom. The van der Waals surface area contributed by atoms with Gasteiger partial charge in [-0.3, -0.25) is 24.5 Å². The lowest BCUT2D eigenvalue weighted by molar-refractivity contribution is -0.384. The smallest absolute Gasteiger partial charge is 0.341 e. The molecule has 0 spiro atoms. The Bertz CT molecular complexity index is 2560. The number of nitro benzene ring substituents is 1. The Balaban J connectivity index is 0.000000241. The summed E-state index contributed by atoms with van der Waals surface area (Å²) in [4.78, 5) is 78.1. The number of aromatic carboxylic acids is 1. The molecular weight excluding hydrogens is 884 g/mol. The van der Waals surface area contributed by atoms with Gasteiger partial charge in [0, 0.05) is 18.2 Å². The molecule has 344 valence electrons. The maximum atomic E-state index is 12.4. The quantitative estimate of drug-likeness (QED) is 0.0223. The maximum absolute atomic E-state index is 12.4. The summed E-state index contributed by atoms with van der Waals surface area (Å²) in [6, 6.07) is 30.4. The highest BCUT2D eigenvalue weighted by Crippen LogP contribution is 2.33. The number of anilines is 1. The van der Waals surface area contributed by atoms with Crippen LogP contribution in [-0.2, 0) is 20.8 Å². The number of methoxy groups -OCH3 is 2. The second-order valence-electron chi connectivity index (χ2n) is 13.4. The largest absolute Gasteiger partial charge is 0.493 e. The van der Waals surface area contributed by atoms with E-state index in [1.165, 1.54) is 25.1 Å². The molecule has 2 atom stereocenters. The first-order valence-electron chi connectivity index (χ1n) is 19.2. The van der Waals surface area contributed by atoms with E-state index in [2.05, 4.69) is 0 Å². The lowest BCUT2D eigenvalue weighted by Crippen LogP contribution is -2.31. The van der Waals surface area contributed by atoms with E-state index < -0.39 is 58.3 Å². The van der Waals surface area contributed by atoms with Gasteiger partial charge in [-0.15, -0.1) is 0 Å². The summed E-state index contributed by atoms with van der Waals surface area (Å²) in [7, 11) is 3.14. The molecule has 2 amide bonds. The molecule has 0 saturated carbocycles. The van der Waals surface area contributed by atoms with Crippen molar-refractivity contribution in [3.05, 3.63) is 176 Å². The number of rotatable bonds is 15. The number of carbonyl (C=O) groups is 6. The fourth-order valence-electron chi connectivity index (χ4n) is 5.70. The molecule has 19 heteroatoms. The van der Waals surface area contributed by atoms with Crippen LogP contribution in [0.25, 0.3) is 6.08 Å². The van der Waals surface area contributed by atoms with E-state index in [-0.39, 0.29) is 29.0 Å². The number of para-hydroxylation sites is 1. The van der Waals surface area contributed by atoms with Crippen molar-refractivity contribution >= 4 is 64.7 Å². The minimum Gasteiger partial charge on any atom is -0.493 e. The third-order valence-electron chi connectivity index (χ3n) is 8.89. The number of carboxylic acids is 4. The standard InChI is InChI=1S/C15H8N2O6.C13H14O4.C11H14O3.C8H7ClO3/c18-13-9-3-1-2-4-10(9)14(19)16(13)12-7-8(17(22)23)5-6-11(12)15(20)21;1-16-11-8-7-10(9-12(11)17-2)5-3-4-6-13(14)15;1-8(12)10(11(13)14)7-9-5-3-2-4-6-9;9-6-3-1-2-4-7(6)12-5-8(10)11/h1-7H,(H,20,21);3-9H,1-2H3,(H,14,15);2-6,8,10,12H,7H2,1H3,(H,13,14);1-4H,5H2,(H,10,11)/t;;8-,10-;/m..1./s1. The van der Waals surface area contributed by atoms with Gasteiger partial charge in [-0.25, -0.2) is 19.3 Å². The number of aliphatic hydroxyl groups excluding tert-OH is 1. The number of nitro groups is 1. The highest BCUT2D eigenvalue weighted by molar-refractivity contribution is 6.35. The molecule has 5 aromatic rings. The van der Waals surface area contributed by atoms with Gasteiger partial charge < -0.3 is 39.7 Å². The number of fused-ring (bicyclic) bond motifs is 1. The van der Waals surface area contributed by atoms with E-state index in [1.54, 1.807) is 68.8 Å². The van der Waals surface area contributed by atoms with Gasteiger partial charge in [-0.2, -0.15) is 0 Å². The van der Waals surface area contributed by atoms with Crippen LogP contribution < -0.4 is 19.1 Å². The molecule has 18 nitrogen and oxygen atoms in total. The number of benzene rings is 5. The molecule has 0 saturated heterocycles. The molecule has 0 aromatic heterocycles. The summed E-state index contributed by atoms with van der Waals surface area (Å²) in [6.07, 6.45) is 5.49. The molecule has 5 N–H and O–H groups in total. The third-order valence-corrected chi connectivity index (χ3v) is 9.20. The van der Waals surface area contributed by atoms with Gasteiger partial charge in [0.15, 0.2) is 18.1 Å². The number of aliphatic hydroxyl groups is 1. The molecule has 66 heavy (non-hydrogen) atoms. The molecule has 0 aliphatic carbocycles. The van der Waals surface area contributed by atoms with E-state index in [1.807, 2.05) is 42.5 Å². The number of ether oxygens (including phenoxy) is 3. The van der Waals surface area contributed by atoms with Crippen molar-refractivity contribution in [3.8, 4) is 17.2 Å². The highest BCUT2D eigenvalue weighted by atomic mass is 35.5. The molecule has 5 aromatic carbocycles. The third kappa shape index (κ3) is 15.5. The van der Waals surface area contributed by atoms with Crippen LogP contribution in [0.3, 0.4) is 0 Å². The average molecular weight is 927 g/mol. The zero-order valence-corrected chi connectivity index (χ0v) is 36.1. The van der Waals surface area contributed by atoms with Crippen LogP contribution >= 0.6 is 11.6 Å². The zero-order chi connectivity index (χ0) is 48.9. The van der Waals surface area contributed by atoms with E-state index in [9.17, 15) is 49.1 Å².